The normalized spacial score (nSPS) is 10.9. The Hall–Kier alpha value is -3.13. The summed E-state index contributed by atoms with van der Waals surface area (Å²) in [6, 6.07) is 11.0. The fourth-order valence-corrected chi connectivity index (χ4v) is 3.07. The molecule has 2 aromatic heterocycles. The Balaban J connectivity index is 1.71. The molecule has 0 unspecified atom stereocenters. The standard InChI is InChI=1S/C18H18N4O3S/c1-11-4-6-13(26-11)10-19-22-18(23)15-9-14(20-21-15)12-5-7-16(24-2)17(8-12)25-3/h4-10H,1-3H3,(H,20,21)(H,22,23)/b19-10+. The number of carbonyl (C=O) groups is 1. The Kier molecular flexibility index (Phi) is 5.33. The summed E-state index contributed by atoms with van der Waals surface area (Å²) in [7, 11) is 3.14. The highest BCUT2D eigenvalue weighted by Crippen LogP contribution is 2.31. The van der Waals surface area contributed by atoms with Crippen LogP contribution < -0.4 is 14.9 Å². The molecule has 3 aromatic rings. The minimum absolute atomic E-state index is 0.314. The first-order valence-corrected chi connectivity index (χ1v) is 8.60. The van der Waals surface area contributed by atoms with Crippen molar-refractivity contribution in [3.8, 4) is 22.8 Å². The third-order valence-corrected chi connectivity index (χ3v) is 4.56. The van der Waals surface area contributed by atoms with Gasteiger partial charge >= 0.3 is 0 Å². The fraction of sp³-hybridized carbons (Fsp3) is 0.167. The highest BCUT2D eigenvalue weighted by Gasteiger charge is 2.12. The van der Waals surface area contributed by atoms with Crippen molar-refractivity contribution in [2.45, 2.75) is 6.92 Å². The molecule has 8 heteroatoms. The summed E-state index contributed by atoms with van der Waals surface area (Å²) in [4.78, 5) is 14.3. The lowest BCUT2D eigenvalue weighted by atomic mass is 10.1. The number of H-pyrrole nitrogens is 1. The maximum Gasteiger partial charge on any atom is 0.289 e. The molecular weight excluding hydrogens is 352 g/mol. The molecule has 7 nitrogen and oxygen atoms in total. The van der Waals surface area contributed by atoms with E-state index in [0.29, 0.717) is 22.9 Å². The van der Waals surface area contributed by atoms with Gasteiger partial charge in [0.15, 0.2) is 11.5 Å². The van der Waals surface area contributed by atoms with Crippen LogP contribution in [-0.4, -0.2) is 36.5 Å². The van der Waals surface area contributed by atoms with Gasteiger partial charge in [-0.3, -0.25) is 9.89 Å². The lowest BCUT2D eigenvalue weighted by Crippen LogP contribution is -2.17. The van der Waals surface area contributed by atoms with Gasteiger partial charge in [-0.05, 0) is 43.3 Å². The molecule has 1 aromatic carbocycles. The molecule has 0 atom stereocenters. The van der Waals surface area contributed by atoms with E-state index >= 15 is 0 Å². The third-order valence-electron chi connectivity index (χ3n) is 3.62. The van der Waals surface area contributed by atoms with Crippen LogP contribution in [0.3, 0.4) is 0 Å². The molecule has 0 spiro atoms. The first-order valence-electron chi connectivity index (χ1n) is 7.78. The summed E-state index contributed by atoms with van der Waals surface area (Å²) in [5.41, 5.74) is 4.22. The summed E-state index contributed by atoms with van der Waals surface area (Å²) < 4.78 is 10.5. The van der Waals surface area contributed by atoms with E-state index in [1.54, 1.807) is 50.0 Å². The molecule has 2 heterocycles. The number of carbonyl (C=O) groups excluding carboxylic acids is 1. The Bertz CT molecular complexity index is 946. The van der Waals surface area contributed by atoms with Crippen molar-refractivity contribution in [3.05, 3.63) is 51.8 Å². The van der Waals surface area contributed by atoms with Crippen molar-refractivity contribution >= 4 is 23.5 Å². The predicted octanol–water partition coefficient (Wildman–Crippen LogP) is 3.23. The number of thiophene rings is 1. The molecular formula is C18H18N4O3S. The van der Waals surface area contributed by atoms with E-state index in [9.17, 15) is 4.79 Å². The van der Waals surface area contributed by atoms with Gasteiger partial charge in [-0.25, -0.2) is 5.43 Å². The predicted molar refractivity (Wildman–Crippen MR) is 101 cm³/mol. The molecule has 0 saturated carbocycles. The van der Waals surface area contributed by atoms with Crippen LogP contribution in [0.5, 0.6) is 11.5 Å². The van der Waals surface area contributed by atoms with Gasteiger partial charge in [0.2, 0.25) is 0 Å². The molecule has 0 aliphatic carbocycles. The second kappa shape index (κ2) is 7.83. The lowest BCUT2D eigenvalue weighted by Gasteiger charge is -2.08. The number of benzene rings is 1. The molecule has 0 bridgehead atoms. The van der Waals surface area contributed by atoms with Gasteiger partial charge < -0.3 is 9.47 Å². The number of aryl methyl sites for hydroxylation is 1. The molecule has 134 valence electrons. The second-order valence-electron chi connectivity index (χ2n) is 5.38. The van der Waals surface area contributed by atoms with Crippen LogP contribution in [-0.2, 0) is 0 Å². The topological polar surface area (TPSA) is 88.6 Å². The summed E-state index contributed by atoms with van der Waals surface area (Å²) in [5.74, 6) is 0.853. The number of hydrogen-bond donors (Lipinski definition) is 2. The number of aromatic nitrogens is 2. The van der Waals surface area contributed by atoms with Gasteiger partial charge in [-0.15, -0.1) is 11.3 Å². The molecule has 26 heavy (non-hydrogen) atoms. The number of aromatic amines is 1. The molecule has 0 fully saturated rings. The van der Waals surface area contributed by atoms with Crippen LogP contribution in [0.4, 0.5) is 0 Å². The van der Waals surface area contributed by atoms with Gasteiger partial charge in [-0.2, -0.15) is 10.2 Å². The average Bonchev–Trinajstić information content (AvgIpc) is 3.30. The molecule has 3 rings (SSSR count). The number of hydrazone groups is 1. The molecule has 2 N–H and O–H groups in total. The van der Waals surface area contributed by atoms with Gasteiger partial charge in [0.05, 0.1) is 26.1 Å². The highest BCUT2D eigenvalue weighted by molar-refractivity contribution is 7.13. The average molecular weight is 370 g/mol. The van der Waals surface area contributed by atoms with Gasteiger partial charge in [0.25, 0.3) is 5.91 Å². The van der Waals surface area contributed by atoms with Gasteiger partial charge in [-0.1, -0.05) is 0 Å². The quantitative estimate of drug-likeness (QED) is 0.515. The first-order chi connectivity index (χ1) is 12.6. The Morgan fingerprint density at radius 3 is 2.69 bits per heavy atom. The molecule has 0 radical (unpaired) electrons. The van der Waals surface area contributed by atoms with Crippen molar-refractivity contribution in [1.29, 1.82) is 0 Å². The van der Waals surface area contributed by atoms with E-state index in [1.807, 2.05) is 25.1 Å². The molecule has 0 saturated heterocycles. The van der Waals surface area contributed by atoms with Crippen molar-refractivity contribution in [2.24, 2.45) is 5.10 Å². The van der Waals surface area contributed by atoms with E-state index in [4.69, 9.17) is 9.47 Å². The van der Waals surface area contributed by atoms with Crippen molar-refractivity contribution in [3.63, 3.8) is 0 Å². The molecule has 1 amide bonds. The van der Waals surface area contributed by atoms with E-state index in [1.165, 1.54) is 4.88 Å². The van der Waals surface area contributed by atoms with Gasteiger partial charge in [0, 0.05) is 15.3 Å². The van der Waals surface area contributed by atoms with Crippen LogP contribution in [0.1, 0.15) is 20.2 Å². The van der Waals surface area contributed by atoms with Crippen LogP contribution in [0.2, 0.25) is 0 Å². The van der Waals surface area contributed by atoms with Crippen molar-refractivity contribution in [1.82, 2.24) is 15.6 Å². The molecule has 0 aliphatic rings. The largest absolute Gasteiger partial charge is 0.493 e. The van der Waals surface area contributed by atoms with Crippen LogP contribution in [0.15, 0.2) is 41.5 Å². The molecule has 0 aliphatic heterocycles. The minimum atomic E-state index is -0.367. The number of ether oxygens (including phenoxy) is 2. The highest BCUT2D eigenvalue weighted by atomic mass is 32.1. The zero-order valence-corrected chi connectivity index (χ0v) is 15.4. The Labute approximate surface area is 154 Å². The Morgan fingerprint density at radius 1 is 1.19 bits per heavy atom. The monoisotopic (exact) mass is 370 g/mol. The van der Waals surface area contributed by atoms with E-state index in [0.717, 1.165) is 10.4 Å². The van der Waals surface area contributed by atoms with Crippen LogP contribution in [0, 0.1) is 6.92 Å². The van der Waals surface area contributed by atoms with Crippen molar-refractivity contribution < 1.29 is 14.3 Å². The smallest absolute Gasteiger partial charge is 0.289 e. The first kappa shape index (κ1) is 17.7. The zero-order valence-electron chi connectivity index (χ0n) is 14.6. The summed E-state index contributed by atoms with van der Waals surface area (Å²) in [5, 5.41) is 10.9. The fourth-order valence-electron chi connectivity index (χ4n) is 2.32. The minimum Gasteiger partial charge on any atom is -0.493 e. The number of methoxy groups -OCH3 is 2. The summed E-state index contributed by atoms with van der Waals surface area (Å²) in [6.45, 7) is 2.01. The number of amides is 1. The van der Waals surface area contributed by atoms with E-state index in [2.05, 4.69) is 20.7 Å². The number of rotatable bonds is 6. The second-order valence-corrected chi connectivity index (χ2v) is 6.70. The maximum absolute atomic E-state index is 12.2. The maximum atomic E-state index is 12.2. The number of hydrogen-bond acceptors (Lipinski definition) is 6. The summed E-state index contributed by atoms with van der Waals surface area (Å²) in [6.07, 6.45) is 1.61. The van der Waals surface area contributed by atoms with Crippen molar-refractivity contribution in [2.75, 3.05) is 14.2 Å². The van der Waals surface area contributed by atoms with E-state index < -0.39 is 0 Å². The third kappa shape index (κ3) is 3.92. The van der Waals surface area contributed by atoms with E-state index in [-0.39, 0.29) is 5.91 Å². The van der Waals surface area contributed by atoms with Gasteiger partial charge in [0.1, 0.15) is 5.69 Å². The van der Waals surface area contributed by atoms with Crippen LogP contribution in [0.25, 0.3) is 11.3 Å². The lowest BCUT2D eigenvalue weighted by molar-refractivity contribution is 0.0950. The summed E-state index contributed by atoms with van der Waals surface area (Å²) >= 11 is 1.60. The Morgan fingerprint density at radius 2 is 2.00 bits per heavy atom. The SMILES string of the molecule is COc1ccc(-c2cc(C(=O)N/N=C/c3ccc(C)s3)[nH]n2)cc1OC. The number of nitrogens with one attached hydrogen (secondary N) is 2. The number of nitrogens with zero attached hydrogens (tertiary/aromatic N) is 2. The van der Waals surface area contributed by atoms with Crippen LogP contribution >= 0.6 is 11.3 Å². The zero-order chi connectivity index (χ0) is 18.5.